The SMILES string of the molecule is Cc1cc(Nc2nccc(C(F)(F)F)n2)cc(-c2cnc(OC3CCC(C(=O)O)CC3)nc2)c1. The van der Waals surface area contributed by atoms with Gasteiger partial charge in [-0.1, -0.05) is 6.07 Å². The number of carboxylic acids is 1. The number of benzene rings is 1. The Morgan fingerprint density at radius 3 is 2.41 bits per heavy atom. The summed E-state index contributed by atoms with van der Waals surface area (Å²) in [6.07, 6.45) is 1.96. The lowest BCUT2D eigenvalue weighted by molar-refractivity contribution is -0.143. The summed E-state index contributed by atoms with van der Waals surface area (Å²) >= 11 is 0. The van der Waals surface area contributed by atoms with Gasteiger partial charge in [0, 0.05) is 29.8 Å². The van der Waals surface area contributed by atoms with Gasteiger partial charge in [-0.15, -0.1) is 0 Å². The standard InChI is InChI=1S/C23H22F3N5O3/c1-13-8-15(10-17(9-13)30-21-27-7-6-19(31-21)23(24,25)26)16-11-28-22(29-12-16)34-18-4-2-14(3-5-18)20(32)33/h6-12,14,18H,2-5H2,1H3,(H,32,33)(H,27,30,31). The van der Waals surface area contributed by atoms with Crippen LogP contribution in [0.25, 0.3) is 11.1 Å². The van der Waals surface area contributed by atoms with E-state index in [9.17, 15) is 18.0 Å². The van der Waals surface area contributed by atoms with Gasteiger partial charge in [-0.3, -0.25) is 4.79 Å². The maximum Gasteiger partial charge on any atom is 0.433 e. The van der Waals surface area contributed by atoms with Crippen LogP contribution in [-0.2, 0) is 11.0 Å². The molecule has 1 saturated carbocycles. The van der Waals surface area contributed by atoms with E-state index in [1.54, 1.807) is 24.5 Å². The first-order valence-electron chi connectivity index (χ1n) is 10.7. The van der Waals surface area contributed by atoms with Gasteiger partial charge in [-0.25, -0.2) is 19.9 Å². The van der Waals surface area contributed by atoms with Crippen LogP contribution in [0, 0.1) is 12.8 Å². The van der Waals surface area contributed by atoms with Gasteiger partial charge in [-0.2, -0.15) is 13.2 Å². The summed E-state index contributed by atoms with van der Waals surface area (Å²) in [7, 11) is 0. The van der Waals surface area contributed by atoms with Crippen LogP contribution < -0.4 is 10.1 Å². The summed E-state index contributed by atoms with van der Waals surface area (Å²) in [5.74, 6) is -1.26. The van der Waals surface area contributed by atoms with Gasteiger partial charge in [0.25, 0.3) is 0 Å². The third-order valence-corrected chi connectivity index (χ3v) is 5.54. The van der Waals surface area contributed by atoms with E-state index >= 15 is 0 Å². The van der Waals surface area contributed by atoms with E-state index in [4.69, 9.17) is 9.84 Å². The van der Waals surface area contributed by atoms with Gasteiger partial charge in [0.2, 0.25) is 5.95 Å². The number of alkyl halides is 3. The first-order valence-corrected chi connectivity index (χ1v) is 10.7. The van der Waals surface area contributed by atoms with E-state index in [2.05, 4.69) is 25.3 Å². The van der Waals surface area contributed by atoms with Crippen molar-refractivity contribution in [3.63, 3.8) is 0 Å². The molecule has 0 spiro atoms. The Labute approximate surface area is 193 Å². The fourth-order valence-corrected chi connectivity index (χ4v) is 3.83. The van der Waals surface area contributed by atoms with Crippen LogP contribution in [0.4, 0.5) is 24.8 Å². The summed E-state index contributed by atoms with van der Waals surface area (Å²) in [6.45, 7) is 1.85. The Kier molecular flexibility index (Phi) is 6.62. The molecule has 1 aliphatic carbocycles. The fourth-order valence-electron chi connectivity index (χ4n) is 3.83. The lowest BCUT2D eigenvalue weighted by Crippen LogP contribution is -2.28. The van der Waals surface area contributed by atoms with Crippen molar-refractivity contribution in [1.29, 1.82) is 0 Å². The summed E-state index contributed by atoms with van der Waals surface area (Å²) in [4.78, 5) is 27.0. The number of ether oxygens (including phenoxy) is 1. The molecule has 2 aromatic heterocycles. The van der Waals surface area contributed by atoms with Crippen molar-refractivity contribution in [3.05, 3.63) is 54.1 Å². The van der Waals surface area contributed by atoms with E-state index in [1.807, 2.05) is 13.0 Å². The monoisotopic (exact) mass is 473 g/mol. The molecule has 4 rings (SSSR count). The van der Waals surface area contributed by atoms with E-state index in [0.29, 0.717) is 36.9 Å². The summed E-state index contributed by atoms with van der Waals surface area (Å²) < 4.78 is 44.6. The number of hydrogen-bond acceptors (Lipinski definition) is 7. The lowest BCUT2D eigenvalue weighted by Gasteiger charge is -2.25. The Hall–Kier alpha value is -3.76. The van der Waals surface area contributed by atoms with Crippen molar-refractivity contribution >= 4 is 17.6 Å². The smallest absolute Gasteiger partial charge is 0.433 e. The zero-order chi connectivity index (χ0) is 24.3. The van der Waals surface area contributed by atoms with E-state index in [0.717, 1.165) is 23.4 Å². The van der Waals surface area contributed by atoms with Gasteiger partial charge >= 0.3 is 18.2 Å². The molecule has 8 nitrogen and oxygen atoms in total. The minimum atomic E-state index is -4.56. The second-order valence-electron chi connectivity index (χ2n) is 8.16. The molecule has 0 amide bonds. The first kappa shape index (κ1) is 23.4. The number of aliphatic carboxylic acids is 1. The molecule has 1 fully saturated rings. The number of nitrogens with one attached hydrogen (secondary N) is 1. The zero-order valence-corrected chi connectivity index (χ0v) is 18.2. The number of nitrogens with zero attached hydrogens (tertiary/aromatic N) is 4. The van der Waals surface area contributed by atoms with Crippen LogP contribution in [0.5, 0.6) is 6.01 Å². The maximum absolute atomic E-state index is 12.9. The van der Waals surface area contributed by atoms with Gasteiger partial charge in [0.15, 0.2) is 0 Å². The molecule has 0 aliphatic heterocycles. The summed E-state index contributed by atoms with van der Waals surface area (Å²) in [5, 5.41) is 11.9. The van der Waals surface area contributed by atoms with Crippen molar-refractivity contribution in [2.24, 2.45) is 5.92 Å². The Bertz CT molecular complexity index is 1160. The molecule has 3 aromatic rings. The molecule has 0 saturated heterocycles. The second kappa shape index (κ2) is 9.62. The van der Waals surface area contributed by atoms with Crippen molar-refractivity contribution in [1.82, 2.24) is 19.9 Å². The third kappa shape index (κ3) is 5.77. The number of carboxylic acid groups (broad SMARTS) is 1. The van der Waals surface area contributed by atoms with Crippen LogP contribution >= 0.6 is 0 Å². The Morgan fingerprint density at radius 1 is 1.06 bits per heavy atom. The molecule has 0 unspecified atom stereocenters. The average Bonchev–Trinajstić information content (AvgIpc) is 2.79. The molecule has 2 heterocycles. The first-order chi connectivity index (χ1) is 16.2. The number of hydrogen-bond donors (Lipinski definition) is 2. The molecule has 1 aromatic carbocycles. The highest BCUT2D eigenvalue weighted by molar-refractivity contribution is 5.70. The summed E-state index contributed by atoms with van der Waals surface area (Å²) in [5.41, 5.74) is 1.80. The van der Waals surface area contributed by atoms with Crippen molar-refractivity contribution < 1.29 is 27.8 Å². The topological polar surface area (TPSA) is 110 Å². The van der Waals surface area contributed by atoms with E-state index < -0.39 is 17.8 Å². The maximum atomic E-state index is 12.9. The molecule has 34 heavy (non-hydrogen) atoms. The largest absolute Gasteiger partial charge is 0.481 e. The Balaban J connectivity index is 1.45. The lowest BCUT2D eigenvalue weighted by atomic mass is 9.87. The highest BCUT2D eigenvalue weighted by atomic mass is 19.4. The predicted octanol–water partition coefficient (Wildman–Crippen LogP) is 5.03. The molecule has 0 atom stereocenters. The molecule has 2 N–H and O–H groups in total. The van der Waals surface area contributed by atoms with Crippen molar-refractivity contribution in [3.8, 4) is 17.1 Å². The van der Waals surface area contributed by atoms with Gasteiger partial charge in [0.1, 0.15) is 11.8 Å². The highest BCUT2D eigenvalue weighted by Gasteiger charge is 2.32. The normalized spacial score (nSPS) is 18.4. The number of anilines is 2. The number of carbonyl (C=O) groups is 1. The molecular weight excluding hydrogens is 451 g/mol. The van der Waals surface area contributed by atoms with Gasteiger partial charge < -0.3 is 15.2 Å². The molecular formula is C23H22F3N5O3. The molecule has 11 heteroatoms. The molecule has 0 bridgehead atoms. The van der Waals surface area contributed by atoms with E-state index in [-0.39, 0.29) is 24.0 Å². The van der Waals surface area contributed by atoms with Crippen LogP contribution in [0.1, 0.15) is 36.9 Å². The number of aromatic nitrogens is 4. The minimum Gasteiger partial charge on any atom is -0.481 e. The number of halogens is 3. The number of rotatable bonds is 6. The quantitative estimate of drug-likeness (QED) is 0.513. The van der Waals surface area contributed by atoms with Crippen molar-refractivity contribution in [2.45, 2.75) is 44.9 Å². The molecule has 178 valence electrons. The van der Waals surface area contributed by atoms with Gasteiger partial charge in [-0.05, 0) is 61.9 Å². The minimum absolute atomic E-state index is 0.122. The van der Waals surface area contributed by atoms with Crippen molar-refractivity contribution in [2.75, 3.05) is 5.32 Å². The molecule has 0 radical (unpaired) electrons. The molecule has 1 aliphatic rings. The highest BCUT2D eigenvalue weighted by Crippen LogP contribution is 2.30. The Morgan fingerprint density at radius 2 is 1.76 bits per heavy atom. The van der Waals surface area contributed by atoms with Gasteiger partial charge in [0.05, 0.1) is 5.92 Å². The fraction of sp³-hybridized carbons (Fsp3) is 0.348. The number of aryl methyl sites for hydroxylation is 1. The van der Waals surface area contributed by atoms with Crippen LogP contribution in [-0.4, -0.2) is 37.1 Å². The average molecular weight is 473 g/mol. The zero-order valence-electron chi connectivity index (χ0n) is 18.2. The van der Waals surface area contributed by atoms with E-state index in [1.165, 1.54) is 0 Å². The second-order valence-corrected chi connectivity index (χ2v) is 8.16. The van der Waals surface area contributed by atoms with Crippen LogP contribution in [0.15, 0.2) is 42.9 Å². The van der Waals surface area contributed by atoms with Crippen LogP contribution in [0.3, 0.4) is 0 Å². The van der Waals surface area contributed by atoms with Crippen LogP contribution in [0.2, 0.25) is 0 Å². The third-order valence-electron chi connectivity index (χ3n) is 5.54. The summed E-state index contributed by atoms with van der Waals surface area (Å²) in [6, 6.07) is 6.42. The predicted molar refractivity (Wildman–Crippen MR) is 117 cm³/mol.